The Labute approximate surface area is 134 Å². The predicted molar refractivity (Wildman–Crippen MR) is 84.1 cm³/mol. The normalized spacial score (nSPS) is 10.7. The number of amides is 1. The third-order valence-electron chi connectivity index (χ3n) is 2.58. The number of hydrogen-bond acceptors (Lipinski definition) is 6. The molecule has 1 rings (SSSR count). The monoisotopic (exact) mass is 324 g/mol. The molecule has 0 saturated heterocycles. The van der Waals surface area contributed by atoms with Gasteiger partial charge in [0, 0.05) is 11.4 Å². The lowest BCUT2D eigenvalue weighted by atomic mass is 10.1. The third kappa shape index (κ3) is 5.74. The molecule has 1 aromatic carbocycles. The number of methoxy groups -OCH3 is 1. The predicted octanol–water partition coefficient (Wildman–Crippen LogP) is 3.04. The Balaban J connectivity index is 2.71. The fourth-order valence-corrected chi connectivity index (χ4v) is 2.27. The van der Waals surface area contributed by atoms with Crippen LogP contribution in [-0.4, -0.2) is 30.5 Å². The van der Waals surface area contributed by atoms with Gasteiger partial charge in [0.25, 0.3) is 0 Å². The van der Waals surface area contributed by atoms with Crippen LogP contribution in [-0.2, 0) is 11.2 Å². The third-order valence-corrected chi connectivity index (χ3v) is 3.27. The number of nitrogens with one attached hydrogen (secondary N) is 1. The van der Waals surface area contributed by atoms with Gasteiger partial charge < -0.3 is 19.9 Å². The second-order valence-corrected chi connectivity index (χ2v) is 6.33. The van der Waals surface area contributed by atoms with Crippen LogP contribution in [0.2, 0.25) is 0 Å². The topological polar surface area (TPSA) is 91.6 Å². The van der Waals surface area contributed by atoms with E-state index in [0.717, 1.165) is 17.3 Å². The van der Waals surface area contributed by atoms with Crippen molar-refractivity contribution < 1.29 is 19.4 Å². The smallest absolute Gasteiger partial charge is 0.407 e. The summed E-state index contributed by atoms with van der Waals surface area (Å²) in [5.74, 6) is 0.304. The van der Waals surface area contributed by atoms with Crippen molar-refractivity contribution in [2.45, 2.75) is 37.7 Å². The maximum absolute atomic E-state index is 11.6. The molecule has 0 aliphatic rings. The van der Waals surface area contributed by atoms with E-state index in [0.29, 0.717) is 23.6 Å². The van der Waals surface area contributed by atoms with E-state index in [4.69, 9.17) is 14.7 Å². The van der Waals surface area contributed by atoms with Gasteiger partial charge in [-0.2, -0.15) is 5.26 Å². The molecule has 0 atom stereocenters. The van der Waals surface area contributed by atoms with E-state index in [2.05, 4.69) is 5.32 Å². The van der Waals surface area contributed by atoms with Crippen LogP contribution in [0.4, 0.5) is 4.79 Å². The number of thioether (sulfide) groups is 1. The molecule has 0 aliphatic heterocycles. The molecule has 22 heavy (non-hydrogen) atoms. The summed E-state index contributed by atoms with van der Waals surface area (Å²) in [5, 5.41) is 23.3. The van der Waals surface area contributed by atoms with Crippen molar-refractivity contribution >= 4 is 17.9 Å². The van der Waals surface area contributed by atoms with Gasteiger partial charge in [0.05, 0.1) is 7.11 Å². The fourth-order valence-electron chi connectivity index (χ4n) is 1.71. The van der Waals surface area contributed by atoms with Crippen LogP contribution in [0, 0.1) is 10.7 Å². The van der Waals surface area contributed by atoms with Crippen LogP contribution < -0.4 is 10.1 Å². The largest absolute Gasteiger partial charge is 0.504 e. The molecular formula is C15H20N2O4S. The van der Waals surface area contributed by atoms with Crippen molar-refractivity contribution in [3.8, 4) is 16.9 Å². The zero-order chi connectivity index (χ0) is 16.8. The molecular weight excluding hydrogens is 304 g/mol. The molecule has 1 amide bonds. The van der Waals surface area contributed by atoms with Crippen molar-refractivity contribution in [1.82, 2.24) is 5.32 Å². The maximum atomic E-state index is 11.6. The summed E-state index contributed by atoms with van der Waals surface area (Å²) in [5.41, 5.74) is 0.200. The lowest BCUT2D eigenvalue weighted by molar-refractivity contribution is 0.0528. The van der Waals surface area contributed by atoms with Crippen LogP contribution in [0.1, 0.15) is 26.3 Å². The molecule has 120 valence electrons. The van der Waals surface area contributed by atoms with Crippen molar-refractivity contribution in [3.05, 3.63) is 17.7 Å². The van der Waals surface area contributed by atoms with Crippen molar-refractivity contribution in [2.24, 2.45) is 0 Å². The van der Waals surface area contributed by atoms with Gasteiger partial charge in [0.2, 0.25) is 0 Å². The number of benzene rings is 1. The first-order chi connectivity index (χ1) is 10.3. The first-order valence-corrected chi connectivity index (χ1v) is 7.51. The van der Waals surface area contributed by atoms with Gasteiger partial charge in [0.15, 0.2) is 11.5 Å². The van der Waals surface area contributed by atoms with Gasteiger partial charge in [-0.25, -0.2) is 4.79 Å². The Bertz CT molecular complexity index is 576. The zero-order valence-electron chi connectivity index (χ0n) is 13.1. The highest BCUT2D eigenvalue weighted by Crippen LogP contribution is 2.34. The highest BCUT2D eigenvalue weighted by molar-refractivity contribution is 8.03. The highest BCUT2D eigenvalue weighted by Gasteiger charge is 2.16. The Morgan fingerprint density at radius 2 is 2.14 bits per heavy atom. The molecule has 0 saturated carbocycles. The summed E-state index contributed by atoms with van der Waals surface area (Å²) in [6, 6.07) is 3.14. The number of rotatable bonds is 5. The van der Waals surface area contributed by atoms with Crippen molar-refractivity contribution in [2.75, 3.05) is 13.7 Å². The average Bonchev–Trinajstić information content (AvgIpc) is 2.39. The molecule has 6 nitrogen and oxygen atoms in total. The zero-order valence-corrected chi connectivity index (χ0v) is 13.9. The minimum absolute atomic E-state index is 0.00272. The van der Waals surface area contributed by atoms with Gasteiger partial charge in [-0.1, -0.05) is 0 Å². The summed E-state index contributed by atoms with van der Waals surface area (Å²) < 4.78 is 10.2. The first kappa shape index (κ1) is 18.0. The minimum atomic E-state index is -0.551. The van der Waals surface area contributed by atoms with Crippen LogP contribution in [0.15, 0.2) is 17.0 Å². The molecule has 0 bridgehead atoms. The molecule has 0 unspecified atom stereocenters. The number of phenols is 1. The Hall–Kier alpha value is -2.07. The number of hydrogen-bond donors (Lipinski definition) is 2. The number of nitrogens with zero attached hydrogens (tertiary/aromatic N) is 1. The maximum Gasteiger partial charge on any atom is 0.407 e. The lowest BCUT2D eigenvalue weighted by Crippen LogP contribution is -2.33. The standard InChI is InChI=1S/C15H20N2O4S/c1-15(2,3)21-14(19)17-6-5-10-7-11(18)12(20-4)8-13(10)22-9-16/h7-8,18H,5-6H2,1-4H3,(H,17,19). The molecule has 0 aliphatic carbocycles. The second-order valence-electron chi connectivity index (χ2n) is 5.50. The number of thiocyanates is 1. The van der Waals surface area contributed by atoms with Crippen LogP contribution in [0.5, 0.6) is 11.5 Å². The quantitative estimate of drug-likeness (QED) is 0.639. The van der Waals surface area contributed by atoms with E-state index < -0.39 is 11.7 Å². The van der Waals surface area contributed by atoms with Crippen LogP contribution >= 0.6 is 11.8 Å². The summed E-state index contributed by atoms with van der Waals surface area (Å²) >= 11 is 0.979. The average molecular weight is 324 g/mol. The fraction of sp³-hybridized carbons (Fsp3) is 0.467. The Morgan fingerprint density at radius 3 is 2.68 bits per heavy atom. The summed E-state index contributed by atoms with van der Waals surface area (Å²) in [6.07, 6.45) is -0.0411. The van der Waals surface area contributed by atoms with E-state index in [1.807, 2.05) is 5.40 Å². The molecule has 0 spiro atoms. The summed E-state index contributed by atoms with van der Waals surface area (Å²) in [7, 11) is 1.44. The Morgan fingerprint density at radius 1 is 1.45 bits per heavy atom. The molecule has 1 aromatic rings. The number of nitriles is 1. The number of ether oxygens (including phenoxy) is 2. The van der Waals surface area contributed by atoms with E-state index in [1.165, 1.54) is 13.2 Å². The molecule has 7 heteroatoms. The molecule has 0 aromatic heterocycles. The summed E-state index contributed by atoms with van der Waals surface area (Å²) in [6.45, 7) is 5.70. The van der Waals surface area contributed by atoms with Gasteiger partial charge in [-0.3, -0.25) is 0 Å². The van der Waals surface area contributed by atoms with Gasteiger partial charge in [-0.05, 0) is 56.7 Å². The van der Waals surface area contributed by atoms with E-state index in [9.17, 15) is 9.90 Å². The van der Waals surface area contributed by atoms with Gasteiger partial charge in [-0.15, -0.1) is 0 Å². The number of phenolic OH excluding ortho intramolecular Hbond substituents is 1. The highest BCUT2D eigenvalue weighted by atomic mass is 32.2. The number of carbonyl (C=O) groups is 1. The second kappa shape index (κ2) is 7.80. The van der Waals surface area contributed by atoms with E-state index >= 15 is 0 Å². The van der Waals surface area contributed by atoms with Crippen LogP contribution in [0.25, 0.3) is 0 Å². The Kier molecular flexibility index (Phi) is 6.38. The summed E-state index contributed by atoms with van der Waals surface area (Å²) in [4.78, 5) is 12.3. The number of aromatic hydroxyl groups is 1. The molecule has 0 fully saturated rings. The van der Waals surface area contributed by atoms with E-state index in [-0.39, 0.29) is 5.75 Å². The minimum Gasteiger partial charge on any atom is -0.504 e. The number of alkyl carbamates (subject to hydrolysis) is 1. The molecule has 2 N–H and O–H groups in total. The van der Waals surface area contributed by atoms with Gasteiger partial charge >= 0.3 is 6.09 Å². The van der Waals surface area contributed by atoms with Gasteiger partial charge in [0.1, 0.15) is 11.0 Å². The SMILES string of the molecule is COc1cc(SC#N)c(CCNC(=O)OC(C)(C)C)cc1O. The molecule has 0 radical (unpaired) electrons. The first-order valence-electron chi connectivity index (χ1n) is 6.69. The molecule has 0 heterocycles. The van der Waals surface area contributed by atoms with Crippen molar-refractivity contribution in [3.63, 3.8) is 0 Å². The van der Waals surface area contributed by atoms with Crippen LogP contribution in [0.3, 0.4) is 0 Å². The van der Waals surface area contributed by atoms with E-state index in [1.54, 1.807) is 26.8 Å². The van der Waals surface area contributed by atoms with Crippen molar-refractivity contribution in [1.29, 1.82) is 5.26 Å². The lowest BCUT2D eigenvalue weighted by Gasteiger charge is -2.19. The number of carbonyl (C=O) groups excluding carboxylic acids is 1.